The zero-order valence-corrected chi connectivity index (χ0v) is 15.4. The predicted molar refractivity (Wildman–Crippen MR) is 102 cm³/mol. The number of ether oxygens (including phenoxy) is 2. The van der Waals surface area contributed by atoms with Crippen molar-refractivity contribution in [2.45, 2.75) is 33.1 Å². The molecule has 0 saturated heterocycles. The van der Waals surface area contributed by atoms with Crippen molar-refractivity contribution in [2.24, 2.45) is 0 Å². The van der Waals surface area contributed by atoms with Crippen molar-refractivity contribution in [1.82, 2.24) is 0 Å². The van der Waals surface area contributed by atoms with Crippen LogP contribution in [-0.4, -0.2) is 12.6 Å². The third kappa shape index (κ3) is 5.49. The fourth-order valence-electron chi connectivity index (χ4n) is 2.27. The molecule has 0 saturated carbocycles. The largest absolute Gasteiger partial charge is 0.494 e. The van der Waals surface area contributed by atoms with Crippen molar-refractivity contribution >= 4 is 12.0 Å². The summed E-state index contributed by atoms with van der Waals surface area (Å²) in [5, 5.41) is 9.28. The summed E-state index contributed by atoms with van der Waals surface area (Å²) < 4.78 is 10.8. The number of nitriles is 1. The van der Waals surface area contributed by atoms with Gasteiger partial charge < -0.3 is 9.47 Å². The number of rotatable bonds is 7. The summed E-state index contributed by atoms with van der Waals surface area (Å²) in [5.41, 5.74) is 1.84. The van der Waals surface area contributed by atoms with Crippen molar-refractivity contribution in [1.29, 1.82) is 5.26 Å². The lowest BCUT2D eigenvalue weighted by atomic mass is 10.0. The Morgan fingerprint density at radius 2 is 1.69 bits per heavy atom. The number of nitrogens with zero attached hydrogens (tertiary/aromatic N) is 1. The van der Waals surface area contributed by atoms with Crippen LogP contribution in [-0.2, 0) is 4.79 Å². The Balaban J connectivity index is 2.07. The van der Waals surface area contributed by atoms with Crippen molar-refractivity contribution in [2.75, 3.05) is 6.61 Å². The Morgan fingerprint density at radius 1 is 1.08 bits per heavy atom. The van der Waals surface area contributed by atoms with E-state index in [0.29, 0.717) is 18.3 Å². The first-order chi connectivity index (χ1) is 12.5. The van der Waals surface area contributed by atoms with E-state index in [4.69, 9.17) is 9.47 Å². The maximum absolute atomic E-state index is 12.2. The van der Waals surface area contributed by atoms with E-state index in [0.717, 1.165) is 23.3 Å². The molecule has 2 aromatic carbocycles. The number of benzene rings is 2. The Hall–Kier alpha value is -3.06. The number of carbonyl (C=O) groups is 1. The van der Waals surface area contributed by atoms with E-state index < -0.39 is 5.97 Å². The topological polar surface area (TPSA) is 59.3 Å². The molecule has 0 spiro atoms. The monoisotopic (exact) mass is 349 g/mol. The van der Waals surface area contributed by atoms with Crippen molar-refractivity contribution < 1.29 is 14.3 Å². The van der Waals surface area contributed by atoms with Gasteiger partial charge in [-0.1, -0.05) is 45.0 Å². The summed E-state index contributed by atoms with van der Waals surface area (Å²) in [6.45, 7) is 6.88. The van der Waals surface area contributed by atoms with E-state index in [1.54, 1.807) is 24.3 Å². The average Bonchev–Trinajstić information content (AvgIpc) is 2.65. The normalized spacial score (nSPS) is 11.1. The second-order valence-corrected chi connectivity index (χ2v) is 6.20. The van der Waals surface area contributed by atoms with Gasteiger partial charge in [0.15, 0.2) is 0 Å². The van der Waals surface area contributed by atoms with Gasteiger partial charge in [0.05, 0.1) is 6.61 Å². The van der Waals surface area contributed by atoms with Crippen LogP contribution >= 0.6 is 0 Å². The van der Waals surface area contributed by atoms with E-state index in [1.807, 2.05) is 37.3 Å². The first kappa shape index (κ1) is 19.3. The molecule has 0 radical (unpaired) electrons. The summed E-state index contributed by atoms with van der Waals surface area (Å²) in [6, 6.07) is 16.4. The van der Waals surface area contributed by atoms with E-state index in [1.165, 1.54) is 6.08 Å². The third-order valence-electron chi connectivity index (χ3n) is 3.76. The van der Waals surface area contributed by atoms with Crippen LogP contribution in [0.15, 0.2) is 54.1 Å². The molecule has 134 valence electrons. The second kappa shape index (κ2) is 9.43. The van der Waals surface area contributed by atoms with Crippen LogP contribution < -0.4 is 9.47 Å². The van der Waals surface area contributed by atoms with E-state index in [-0.39, 0.29) is 5.57 Å². The van der Waals surface area contributed by atoms with Crippen LogP contribution in [0.5, 0.6) is 11.5 Å². The molecular weight excluding hydrogens is 326 g/mol. The second-order valence-electron chi connectivity index (χ2n) is 6.20. The molecular formula is C22H23NO3. The van der Waals surface area contributed by atoms with Crippen molar-refractivity contribution in [3.05, 3.63) is 65.2 Å². The standard InChI is InChI=1S/C22H23NO3/c1-4-13-25-20-9-5-17(6-10-20)14-19(15-23)22(24)26-21-11-7-18(8-12-21)16(2)3/h5-12,14,16H,4,13H2,1-3H3/b19-14+. The molecule has 0 heterocycles. The summed E-state index contributed by atoms with van der Waals surface area (Å²) in [4.78, 5) is 12.2. The highest BCUT2D eigenvalue weighted by atomic mass is 16.5. The first-order valence-electron chi connectivity index (χ1n) is 8.70. The van der Waals surface area contributed by atoms with Gasteiger partial charge in [-0.2, -0.15) is 5.26 Å². The maximum Gasteiger partial charge on any atom is 0.354 e. The molecule has 0 aliphatic heterocycles. The molecule has 0 unspecified atom stereocenters. The fraction of sp³-hybridized carbons (Fsp3) is 0.273. The van der Waals surface area contributed by atoms with Crippen LogP contribution in [0.4, 0.5) is 0 Å². The van der Waals surface area contributed by atoms with E-state index >= 15 is 0 Å². The Bertz CT molecular complexity index is 797. The number of hydrogen-bond acceptors (Lipinski definition) is 4. The van der Waals surface area contributed by atoms with Gasteiger partial charge in [0.2, 0.25) is 0 Å². The Labute approximate surface area is 154 Å². The Kier molecular flexibility index (Phi) is 6.99. The highest BCUT2D eigenvalue weighted by molar-refractivity contribution is 5.99. The van der Waals surface area contributed by atoms with E-state index in [9.17, 15) is 10.1 Å². The van der Waals surface area contributed by atoms with Gasteiger partial charge in [0, 0.05) is 0 Å². The average molecular weight is 349 g/mol. The van der Waals surface area contributed by atoms with Gasteiger partial charge >= 0.3 is 5.97 Å². The molecule has 26 heavy (non-hydrogen) atoms. The van der Waals surface area contributed by atoms with Gasteiger partial charge in [-0.3, -0.25) is 0 Å². The molecule has 0 aromatic heterocycles. The van der Waals surface area contributed by atoms with Crippen LogP contribution in [0.1, 0.15) is 44.2 Å². The van der Waals surface area contributed by atoms with Gasteiger partial charge in [-0.25, -0.2) is 4.79 Å². The molecule has 0 aliphatic carbocycles. The Morgan fingerprint density at radius 3 is 2.23 bits per heavy atom. The minimum atomic E-state index is -0.670. The zero-order chi connectivity index (χ0) is 18.9. The summed E-state index contributed by atoms with van der Waals surface area (Å²) in [6.07, 6.45) is 2.44. The lowest BCUT2D eigenvalue weighted by Crippen LogP contribution is -2.10. The highest BCUT2D eigenvalue weighted by Crippen LogP contribution is 2.20. The van der Waals surface area contributed by atoms with Gasteiger partial charge in [0.25, 0.3) is 0 Å². The quantitative estimate of drug-likeness (QED) is 0.301. The molecule has 0 atom stereocenters. The SMILES string of the molecule is CCCOc1ccc(/C=C(\C#N)C(=O)Oc2ccc(C(C)C)cc2)cc1. The fourth-order valence-corrected chi connectivity index (χ4v) is 2.27. The number of esters is 1. The molecule has 4 heteroatoms. The van der Waals surface area contributed by atoms with Gasteiger partial charge in [-0.05, 0) is 53.8 Å². The highest BCUT2D eigenvalue weighted by Gasteiger charge is 2.12. The molecule has 2 aromatic rings. The smallest absolute Gasteiger partial charge is 0.354 e. The predicted octanol–water partition coefficient (Wildman–Crippen LogP) is 5.11. The molecule has 2 rings (SSSR count). The summed E-state index contributed by atoms with van der Waals surface area (Å²) in [7, 11) is 0. The molecule has 0 amide bonds. The summed E-state index contributed by atoms with van der Waals surface area (Å²) in [5.74, 6) is 0.911. The van der Waals surface area contributed by atoms with Crippen LogP contribution in [0, 0.1) is 11.3 Å². The minimum absolute atomic E-state index is 0.0554. The van der Waals surface area contributed by atoms with Crippen LogP contribution in [0.25, 0.3) is 6.08 Å². The van der Waals surface area contributed by atoms with Crippen molar-refractivity contribution in [3.63, 3.8) is 0 Å². The molecule has 0 bridgehead atoms. The van der Waals surface area contributed by atoms with Gasteiger partial charge in [0.1, 0.15) is 23.1 Å². The number of hydrogen-bond donors (Lipinski definition) is 0. The lowest BCUT2D eigenvalue weighted by Gasteiger charge is -2.07. The lowest BCUT2D eigenvalue weighted by molar-refractivity contribution is -0.129. The molecule has 0 N–H and O–H groups in total. The molecule has 4 nitrogen and oxygen atoms in total. The molecule has 0 aliphatic rings. The third-order valence-corrected chi connectivity index (χ3v) is 3.76. The maximum atomic E-state index is 12.2. The molecule has 0 fully saturated rings. The minimum Gasteiger partial charge on any atom is -0.494 e. The van der Waals surface area contributed by atoms with Gasteiger partial charge in [-0.15, -0.1) is 0 Å². The van der Waals surface area contributed by atoms with Crippen LogP contribution in [0.2, 0.25) is 0 Å². The van der Waals surface area contributed by atoms with Crippen LogP contribution in [0.3, 0.4) is 0 Å². The van der Waals surface area contributed by atoms with Crippen molar-refractivity contribution in [3.8, 4) is 17.6 Å². The first-order valence-corrected chi connectivity index (χ1v) is 8.70. The van der Waals surface area contributed by atoms with E-state index in [2.05, 4.69) is 13.8 Å². The summed E-state index contributed by atoms with van der Waals surface area (Å²) >= 11 is 0. The zero-order valence-electron chi connectivity index (χ0n) is 15.4. The number of carbonyl (C=O) groups excluding carboxylic acids is 1.